The van der Waals surface area contributed by atoms with E-state index in [1.165, 1.54) is 75.3 Å². The SMILES string of the molecule is CC1c2cc(OC(=O)c3ccc(OCCCCOCC4CO4)cc3)ccc2-c2ccc(OC(=O)c3ccc(OCCCCOCC4CO4)cc3)cc21.CCC1(COc2ccc(C(=O)Oc3ccc(OC(F)(F)F)c(F)c3)cc2)COC1.[H-].[K+].[K][K]. The predicted molar refractivity (Wildman–Crippen MR) is 299 cm³/mol. The zero-order valence-electron chi connectivity index (χ0n) is 48.8. The third-order valence-corrected chi connectivity index (χ3v) is 13.7. The second kappa shape index (κ2) is 34.4. The van der Waals surface area contributed by atoms with Crippen molar-refractivity contribution in [3.63, 3.8) is 0 Å². The van der Waals surface area contributed by atoms with Crippen LogP contribution in [-0.4, -0.2) is 172 Å². The van der Waals surface area contributed by atoms with Gasteiger partial charge in [-0.2, -0.15) is 0 Å². The summed E-state index contributed by atoms with van der Waals surface area (Å²) in [6.07, 6.45) is 0.0678. The Balaban J connectivity index is 0.000000299. The van der Waals surface area contributed by atoms with Crippen LogP contribution < -0.4 is 84.5 Å². The van der Waals surface area contributed by atoms with Gasteiger partial charge >= 0.3 is 139 Å². The van der Waals surface area contributed by atoms with Crippen LogP contribution in [0.3, 0.4) is 0 Å². The monoisotopic (exact) mass is 1240 g/mol. The zero-order valence-corrected chi connectivity index (χ0v) is 57.2. The van der Waals surface area contributed by atoms with Crippen LogP contribution in [0, 0.1) is 11.2 Å². The molecule has 6 aromatic carbocycles. The molecule has 0 bridgehead atoms. The van der Waals surface area contributed by atoms with Gasteiger partial charge in [-0.25, -0.2) is 18.8 Å². The predicted octanol–water partition coefficient (Wildman–Crippen LogP) is 8.51. The van der Waals surface area contributed by atoms with Crippen molar-refractivity contribution in [1.82, 2.24) is 0 Å². The van der Waals surface area contributed by atoms with E-state index in [-0.39, 0.29) is 87.7 Å². The standard InChI is InChI=1S/C42H44O10.C20H18F4O5.3K.H/c1-28-39-22-33(51-41(43)29-6-10-31(11-7-29)47-20-4-2-18-45-24-35-26-49-35)14-16-37(39)38-17-15-34(23-40(28)38)52-42(44)30-8-12-32(13-9-30)48-21-5-3-19-46-25-36-27-50-36;1-2-19(10-26-11-19)12-27-14-5-3-13(4-6-14)18(25)28-15-7-8-17(16(21)9-15)29-20(22,23)24;;;;/h6-17,22-23,28,35-36H,2-5,18-21,24-27H2,1H3;3-9H,2,10-12H2,1H3;;;;/q;;;;+1;-1. The van der Waals surface area contributed by atoms with Crippen LogP contribution in [0.15, 0.2) is 127 Å². The van der Waals surface area contributed by atoms with Gasteiger partial charge in [-0.05, 0) is 164 Å². The molecule has 1 aliphatic carbocycles. The van der Waals surface area contributed by atoms with Gasteiger partial charge in [0.1, 0.15) is 46.7 Å². The first-order chi connectivity index (χ1) is 40.2. The van der Waals surface area contributed by atoms with Crippen LogP contribution >= 0.6 is 0 Å². The fourth-order valence-corrected chi connectivity index (χ4v) is 8.66. The first kappa shape index (κ1) is 68.8. The van der Waals surface area contributed by atoms with E-state index in [0.29, 0.717) is 105 Å². The molecular weight excluding hydrogens is 1180 g/mol. The van der Waals surface area contributed by atoms with Crippen LogP contribution in [0.5, 0.6) is 40.2 Å². The molecule has 3 fully saturated rings. The molecule has 0 aromatic heterocycles. The van der Waals surface area contributed by atoms with E-state index in [1.54, 1.807) is 72.8 Å². The number of alkyl halides is 3. The van der Waals surface area contributed by atoms with Crippen LogP contribution in [0.25, 0.3) is 11.1 Å². The third kappa shape index (κ3) is 21.6. The van der Waals surface area contributed by atoms with Gasteiger partial charge in [0.2, 0.25) is 0 Å². The molecular formula is C62H63F4K3O15. The van der Waals surface area contributed by atoms with Gasteiger partial charge in [0.25, 0.3) is 0 Å². The van der Waals surface area contributed by atoms with E-state index < -0.39 is 35.8 Å². The van der Waals surface area contributed by atoms with Crippen molar-refractivity contribution in [2.75, 3.05) is 72.7 Å². The van der Waals surface area contributed by atoms with E-state index in [1.807, 2.05) is 24.3 Å². The molecule has 2 unspecified atom stereocenters. The van der Waals surface area contributed by atoms with Crippen LogP contribution in [0.1, 0.15) is 95.5 Å². The Kier molecular flexibility index (Phi) is 28.2. The van der Waals surface area contributed by atoms with Crippen LogP contribution in [0.2, 0.25) is 0 Å². The second-order valence-electron chi connectivity index (χ2n) is 19.9. The molecule has 22 heteroatoms. The molecule has 10 rings (SSSR count). The quantitative estimate of drug-likeness (QED) is 0.0120. The van der Waals surface area contributed by atoms with Gasteiger partial charge in [-0.1, -0.05) is 26.0 Å². The molecule has 3 heterocycles. The summed E-state index contributed by atoms with van der Waals surface area (Å²) in [5.74, 6) is -1.35. The Hall–Kier alpha value is -2.64. The number of hydrogen-bond donors (Lipinski definition) is 0. The van der Waals surface area contributed by atoms with Crippen molar-refractivity contribution >= 4 is 81.1 Å². The van der Waals surface area contributed by atoms with Gasteiger partial charge in [0.05, 0.1) is 81.6 Å². The first-order valence-electron chi connectivity index (χ1n) is 27.8. The summed E-state index contributed by atoms with van der Waals surface area (Å²) >= 11 is 2.50. The third-order valence-electron chi connectivity index (χ3n) is 13.7. The molecule has 2 atom stereocenters. The Bertz CT molecular complexity index is 2950. The van der Waals surface area contributed by atoms with Gasteiger partial charge in [0.15, 0.2) is 11.6 Å². The van der Waals surface area contributed by atoms with Crippen molar-refractivity contribution in [3.8, 4) is 51.4 Å². The Morgan fingerprint density at radius 3 is 1.32 bits per heavy atom. The van der Waals surface area contributed by atoms with Crippen molar-refractivity contribution in [3.05, 3.63) is 161 Å². The Morgan fingerprint density at radius 1 is 0.571 bits per heavy atom. The summed E-state index contributed by atoms with van der Waals surface area (Å²) in [5, 5.41) is 0. The number of benzene rings is 6. The first-order valence-corrected chi connectivity index (χ1v) is 43.8. The average Bonchev–Trinajstić information content (AvgIpc) is 3.08. The molecule has 3 saturated heterocycles. The number of halogens is 4. The molecule has 0 radical (unpaired) electrons. The number of ether oxygens (including phenoxy) is 12. The summed E-state index contributed by atoms with van der Waals surface area (Å²) < 4.78 is 114. The Labute approximate surface area is 574 Å². The molecule has 0 amide bonds. The molecule has 0 N–H and O–H groups in total. The number of unbranched alkanes of at least 4 members (excludes halogenated alkanes) is 2. The molecule has 432 valence electrons. The minimum absolute atomic E-state index is 0. The Morgan fingerprint density at radius 2 is 0.952 bits per heavy atom. The average molecular weight is 1240 g/mol. The minimum atomic E-state index is -5.02. The molecule has 15 nitrogen and oxygen atoms in total. The molecule has 3 aliphatic heterocycles. The molecule has 0 saturated carbocycles. The van der Waals surface area contributed by atoms with Gasteiger partial charge in [-0.3, -0.25) is 0 Å². The van der Waals surface area contributed by atoms with Gasteiger partial charge < -0.3 is 58.3 Å². The number of carbonyl (C=O) groups excluding carboxylic acids is 3. The van der Waals surface area contributed by atoms with Crippen molar-refractivity contribution in [2.45, 2.75) is 70.4 Å². The summed E-state index contributed by atoms with van der Waals surface area (Å²) in [4.78, 5) is 38.1. The van der Waals surface area contributed by atoms with E-state index >= 15 is 0 Å². The van der Waals surface area contributed by atoms with Crippen LogP contribution in [-0.2, 0) is 23.7 Å². The van der Waals surface area contributed by atoms with E-state index in [2.05, 4.69) is 18.6 Å². The normalized spacial score (nSPS) is 16.5. The fourth-order valence-electron chi connectivity index (χ4n) is 8.66. The number of fused-ring (bicyclic) bond motifs is 3. The molecule has 0 spiro atoms. The maximum absolute atomic E-state index is 13.7. The second-order valence-corrected chi connectivity index (χ2v) is 19.9. The summed E-state index contributed by atoms with van der Waals surface area (Å²) in [5.41, 5.74) is 5.25. The summed E-state index contributed by atoms with van der Waals surface area (Å²) in [7, 11) is 0. The zero-order chi connectivity index (χ0) is 58.8. The number of epoxide rings is 2. The van der Waals surface area contributed by atoms with E-state index in [4.69, 9.17) is 52.1 Å². The van der Waals surface area contributed by atoms with Crippen molar-refractivity contribution < 1.29 is 142 Å². The molecule has 4 aliphatic rings. The molecule has 6 aromatic rings. The van der Waals surface area contributed by atoms with Crippen molar-refractivity contribution in [1.29, 1.82) is 0 Å². The van der Waals surface area contributed by atoms with Gasteiger partial charge in [0, 0.05) is 25.2 Å². The van der Waals surface area contributed by atoms with Crippen molar-refractivity contribution in [2.24, 2.45) is 5.41 Å². The topological polar surface area (TPSA) is 169 Å². The van der Waals surface area contributed by atoms with Crippen LogP contribution in [0.4, 0.5) is 17.6 Å². The number of esters is 3. The number of rotatable bonds is 27. The fraction of sp³-hybridized carbons (Fsp3) is 0.371. The number of hydrogen-bond acceptors (Lipinski definition) is 15. The summed E-state index contributed by atoms with van der Waals surface area (Å²) in [6, 6.07) is 33.8. The maximum atomic E-state index is 13.7. The van der Waals surface area contributed by atoms with E-state index in [9.17, 15) is 31.9 Å². The van der Waals surface area contributed by atoms with E-state index in [0.717, 1.165) is 79.7 Å². The van der Waals surface area contributed by atoms with Gasteiger partial charge in [-0.15, -0.1) is 13.2 Å². The number of carbonyl (C=O) groups is 3. The molecule has 84 heavy (non-hydrogen) atoms. The summed E-state index contributed by atoms with van der Waals surface area (Å²) in [6.45, 7) is 11.4.